The molecule has 2 rings (SSSR count). The molecule has 0 fully saturated rings. The lowest BCUT2D eigenvalue weighted by Crippen LogP contribution is -2.37. The molecule has 1 aromatic carbocycles. The minimum Gasteiger partial charge on any atom is -0.466 e. The molecular weight excluding hydrogens is 311 g/mol. The number of nitrogens with two attached hydrogens (primary N) is 1. The van der Waals surface area contributed by atoms with Crippen molar-refractivity contribution in [2.24, 2.45) is 11.7 Å². The van der Waals surface area contributed by atoms with Gasteiger partial charge in [0.1, 0.15) is 17.3 Å². The SMILES string of the molecule is Cc1oc(C)c(C(=O)NCC(Cc2ccc(F)cc2)C(N)=O)c1C. The Labute approximate surface area is 140 Å². The van der Waals surface area contributed by atoms with E-state index in [0.717, 1.165) is 11.1 Å². The lowest BCUT2D eigenvalue weighted by Gasteiger charge is -2.14. The molecule has 2 amide bonds. The van der Waals surface area contributed by atoms with Gasteiger partial charge in [0.15, 0.2) is 0 Å². The first-order valence-electron chi connectivity index (χ1n) is 7.68. The molecule has 128 valence electrons. The van der Waals surface area contributed by atoms with Crippen LogP contribution >= 0.6 is 0 Å². The van der Waals surface area contributed by atoms with Crippen molar-refractivity contribution in [1.82, 2.24) is 5.32 Å². The van der Waals surface area contributed by atoms with Gasteiger partial charge in [0.05, 0.1) is 11.5 Å². The van der Waals surface area contributed by atoms with Crippen molar-refractivity contribution in [3.8, 4) is 0 Å². The summed E-state index contributed by atoms with van der Waals surface area (Å²) >= 11 is 0. The van der Waals surface area contributed by atoms with Crippen molar-refractivity contribution in [2.75, 3.05) is 6.54 Å². The minimum atomic E-state index is -0.576. The molecular formula is C18H21FN2O3. The number of carbonyl (C=O) groups is 2. The zero-order valence-electron chi connectivity index (χ0n) is 14.0. The van der Waals surface area contributed by atoms with Crippen LogP contribution in [0.4, 0.5) is 4.39 Å². The van der Waals surface area contributed by atoms with Crippen LogP contribution in [0.5, 0.6) is 0 Å². The summed E-state index contributed by atoms with van der Waals surface area (Å²) in [5, 5.41) is 2.73. The number of amides is 2. The van der Waals surface area contributed by atoms with Gasteiger partial charge in [-0.25, -0.2) is 4.39 Å². The Kier molecular flexibility index (Phi) is 5.39. The number of rotatable bonds is 6. The maximum atomic E-state index is 12.9. The number of hydrogen-bond donors (Lipinski definition) is 2. The molecule has 1 atom stereocenters. The third kappa shape index (κ3) is 4.01. The van der Waals surface area contributed by atoms with Crippen LogP contribution in [0.1, 0.15) is 33.0 Å². The van der Waals surface area contributed by atoms with Crippen molar-refractivity contribution in [3.63, 3.8) is 0 Å². The lowest BCUT2D eigenvalue weighted by molar-refractivity contribution is -0.121. The van der Waals surface area contributed by atoms with Gasteiger partial charge < -0.3 is 15.5 Å². The van der Waals surface area contributed by atoms with Gasteiger partial charge in [0, 0.05) is 12.1 Å². The highest BCUT2D eigenvalue weighted by Gasteiger charge is 2.21. The molecule has 1 aromatic heterocycles. The third-order valence-electron chi connectivity index (χ3n) is 4.10. The number of aryl methyl sites for hydroxylation is 2. The molecule has 5 nitrogen and oxygen atoms in total. The standard InChI is InChI=1S/C18H21FN2O3/c1-10-11(2)24-12(3)16(10)18(23)21-9-14(17(20)22)8-13-4-6-15(19)7-5-13/h4-7,14H,8-9H2,1-3H3,(H2,20,22)(H,21,23). The van der Waals surface area contributed by atoms with Gasteiger partial charge in [-0.2, -0.15) is 0 Å². The zero-order valence-corrected chi connectivity index (χ0v) is 14.0. The molecule has 0 bridgehead atoms. The van der Waals surface area contributed by atoms with Crippen LogP contribution in [0.25, 0.3) is 0 Å². The second-order valence-corrected chi connectivity index (χ2v) is 5.85. The summed E-state index contributed by atoms with van der Waals surface area (Å²) in [7, 11) is 0. The molecule has 1 heterocycles. The Morgan fingerprint density at radius 3 is 2.29 bits per heavy atom. The Hall–Kier alpha value is -2.63. The average Bonchev–Trinajstić information content (AvgIpc) is 2.77. The van der Waals surface area contributed by atoms with Crippen LogP contribution in [-0.4, -0.2) is 18.4 Å². The average molecular weight is 332 g/mol. The van der Waals surface area contributed by atoms with E-state index >= 15 is 0 Å². The summed E-state index contributed by atoms with van der Waals surface area (Å²) in [6, 6.07) is 5.85. The number of hydrogen-bond acceptors (Lipinski definition) is 3. The van der Waals surface area contributed by atoms with Crippen molar-refractivity contribution >= 4 is 11.8 Å². The summed E-state index contributed by atoms with van der Waals surface area (Å²) in [5.74, 6) is -0.507. The number of halogens is 1. The Morgan fingerprint density at radius 1 is 1.17 bits per heavy atom. The summed E-state index contributed by atoms with van der Waals surface area (Å²) < 4.78 is 18.4. The van der Waals surface area contributed by atoms with Crippen LogP contribution in [-0.2, 0) is 11.2 Å². The molecule has 0 aliphatic heterocycles. The third-order valence-corrected chi connectivity index (χ3v) is 4.10. The van der Waals surface area contributed by atoms with Gasteiger partial charge in [0.25, 0.3) is 5.91 Å². The fourth-order valence-electron chi connectivity index (χ4n) is 2.61. The first kappa shape index (κ1) is 17.7. The van der Waals surface area contributed by atoms with E-state index in [1.165, 1.54) is 12.1 Å². The summed E-state index contributed by atoms with van der Waals surface area (Å²) in [6.45, 7) is 5.43. The van der Waals surface area contributed by atoms with Crippen LogP contribution in [0, 0.1) is 32.5 Å². The highest BCUT2D eigenvalue weighted by Crippen LogP contribution is 2.20. The van der Waals surface area contributed by atoms with Crippen LogP contribution in [0.3, 0.4) is 0 Å². The maximum absolute atomic E-state index is 12.9. The fraction of sp³-hybridized carbons (Fsp3) is 0.333. The molecule has 0 saturated heterocycles. The van der Waals surface area contributed by atoms with E-state index < -0.39 is 11.8 Å². The molecule has 0 saturated carbocycles. The van der Waals surface area contributed by atoms with Gasteiger partial charge in [-0.1, -0.05) is 12.1 Å². The fourth-order valence-corrected chi connectivity index (χ4v) is 2.61. The minimum absolute atomic E-state index is 0.106. The Morgan fingerprint density at radius 2 is 1.79 bits per heavy atom. The highest BCUT2D eigenvalue weighted by molar-refractivity contribution is 5.97. The van der Waals surface area contributed by atoms with E-state index in [9.17, 15) is 14.0 Å². The molecule has 24 heavy (non-hydrogen) atoms. The topological polar surface area (TPSA) is 85.3 Å². The molecule has 2 aromatic rings. The van der Waals surface area contributed by atoms with E-state index in [1.54, 1.807) is 26.0 Å². The Balaban J connectivity index is 2.04. The van der Waals surface area contributed by atoms with E-state index in [2.05, 4.69) is 5.32 Å². The monoisotopic (exact) mass is 332 g/mol. The summed E-state index contributed by atoms with van der Waals surface area (Å²) in [6.07, 6.45) is 0.332. The van der Waals surface area contributed by atoms with Gasteiger partial charge in [-0.05, 0) is 44.9 Å². The first-order valence-corrected chi connectivity index (χ1v) is 7.68. The molecule has 1 unspecified atom stereocenters. The number of benzene rings is 1. The molecule has 6 heteroatoms. The summed E-state index contributed by atoms with van der Waals surface area (Å²) in [5.41, 5.74) is 7.46. The van der Waals surface area contributed by atoms with Crippen LogP contribution in [0.2, 0.25) is 0 Å². The highest BCUT2D eigenvalue weighted by atomic mass is 19.1. The van der Waals surface area contributed by atoms with E-state index in [4.69, 9.17) is 10.2 Å². The van der Waals surface area contributed by atoms with Gasteiger partial charge in [0.2, 0.25) is 5.91 Å². The summed E-state index contributed by atoms with van der Waals surface area (Å²) in [4.78, 5) is 24.0. The zero-order chi connectivity index (χ0) is 17.9. The molecule has 0 aliphatic carbocycles. The second kappa shape index (κ2) is 7.29. The quantitative estimate of drug-likeness (QED) is 0.852. The van der Waals surface area contributed by atoms with Gasteiger partial charge >= 0.3 is 0 Å². The molecule has 0 radical (unpaired) electrons. The Bertz CT molecular complexity index is 750. The maximum Gasteiger partial charge on any atom is 0.255 e. The van der Waals surface area contributed by atoms with E-state index in [1.807, 2.05) is 6.92 Å². The van der Waals surface area contributed by atoms with E-state index in [-0.39, 0.29) is 18.3 Å². The molecule has 3 N–H and O–H groups in total. The number of nitrogens with one attached hydrogen (secondary N) is 1. The predicted molar refractivity (Wildman–Crippen MR) is 88.0 cm³/mol. The predicted octanol–water partition coefficient (Wildman–Crippen LogP) is 2.42. The first-order chi connectivity index (χ1) is 11.3. The number of primary amides is 1. The smallest absolute Gasteiger partial charge is 0.255 e. The normalized spacial score (nSPS) is 12.0. The van der Waals surface area contributed by atoms with Crippen LogP contribution < -0.4 is 11.1 Å². The largest absolute Gasteiger partial charge is 0.466 e. The van der Waals surface area contributed by atoms with E-state index in [0.29, 0.717) is 23.5 Å². The molecule has 0 aliphatic rings. The van der Waals surface area contributed by atoms with Crippen molar-refractivity contribution in [2.45, 2.75) is 27.2 Å². The van der Waals surface area contributed by atoms with Crippen molar-refractivity contribution < 1.29 is 18.4 Å². The van der Waals surface area contributed by atoms with Crippen molar-refractivity contribution in [1.29, 1.82) is 0 Å². The van der Waals surface area contributed by atoms with Gasteiger partial charge in [-0.15, -0.1) is 0 Å². The van der Waals surface area contributed by atoms with Crippen LogP contribution in [0.15, 0.2) is 28.7 Å². The lowest BCUT2D eigenvalue weighted by atomic mass is 9.98. The van der Waals surface area contributed by atoms with Gasteiger partial charge in [-0.3, -0.25) is 9.59 Å². The van der Waals surface area contributed by atoms with Crippen molar-refractivity contribution in [3.05, 3.63) is 58.3 Å². The second-order valence-electron chi connectivity index (χ2n) is 5.85. The number of furan rings is 1. The number of carbonyl (C=O) groups excluding carboxylic acids is 2. The molecule has 0 spiro atoms.